The number of rotatable bonds is 6. The number of nitrogens with zero attached hydrogens (tertiary/aromatic N) is 1. The summed E-state index contributed by atoms with van der Waals surface area (Å²) in [5.41, 5.74) is 0.866. The lowest BCUT2D eigenvalue weighted by atomic mass is 10.1. The second-order valence-electron chi connectivity index (χ2n) is 4.96. The van der Waals surface area contributed by atoms with E-state index in [2.05, 4.69) is 5.32 Å². The third kappa shape index (κ3) is 4.05. The van der Waals surface area contributed by atoms with Gasteiger partial charge in [0, 0.05) is 17.9 Å². The van der Waals surface area contributed by atoms with Gasteiger partial charge in [0.2, 0.25) is 0 Å². The van der Waals surface area contributed by atoms with Gasteiger partial charge in [-0.1, -0.05) is 12.1 Å². The maximum absolute atomic E-state index is 12.4. The SMILES string of the molecule is CCOC(=O)CNC(=O)N1CCS[C@H]1c1cccc(OC)c1OC. The third-order valence-electron chi connectivity index (χ3n) is 3.54. The molecule has 2 rings (SSSR count). The van der Waals surface area contributed by atoms with Gasteiger partial charge < -0.3 is 24.4 Å². The number of carbonyl (C=O) groups is 2. The van der Waals surface area contributed by atoms with Gasteiger partial charge in [0.05, 0.1) is 20.8 Å². The van der Waals surface area contributed by atoms with Crippen molar-refractivity contribution in [3.05, 3.63) is 23.8 Å². The molecule has 0 spiro atoms. The highest BCUT2D eigenvalue weighted by Gasteiger charge is 2.33. The summed E-state index contributed by atoms with van der Waals surface area (Å²) in [6.45, 7) is 2.46. The molecule has 0 unspecified atom stereocenters. The smallest absolute Gasteiger partial charge is 0.325 e. The van der Waals surface area contributed by atoms with Crippen LogP contribution in [-0.2, 0) is 9.53 Å². The Morgan fingerprint density at radius 3 is 2.79 bits per heavy atom. The van der Waals surface area contributed by atoms with Gasteiger partial charge in [-0.15, -0.1) is 11.8 Å². The predicted octanol–water partition coefficient (Wildman–Crippen LogP) is 2.02. The Hall–Kier alpha value is -2.09. The molecule has 1 saturated heterocycles. The van der Waals surface area contributed by atoms with Crippen LogP contribution in [0.1, 0.15) is 17.9 Å². The fraction of sp³-hybridized carbons (Fsp3) is 0.500. The molecule has 7 nitrogen and oxygen atoms in total. The monoisotopic (exact) mass is 354 g/mol. The molecule has 2 amide bonds. The molecule has 1 atom stereocenters. The quantitative estimate of drug-likeness (QED) is 0.788. The molecule has 1 aromatic rings. The lowest BCUT2D eigenvalue weighted by Gasteiger charge is -2.26. The molecule has 1 aliphatic rings. The van der Waals surface area contributed by atoms with Gasteiger partial charge in [-0.05, 0) is 13.0 Å². The maximum atomic E-state index is 12.4. The standard InChI is InChI=1S/C16H22N2O5S/c1-4-23-13(19)10-17-16(20)18-8-9-24-15(18)11-6-5-7-12(21-2)14(11)22-3/h5-7,15H,4,8-10H2,1-3H3,(H,17,20)/t15-/m0/s1. The van der Waals surface area contributed by atoms with Gasteiger partial charge in [-0.25, -0.2) is 4.79 Å². The number of ether oxygens (including phenoxy) is 3. The van der Waals surface area contributed by atoms with E-state index in [4.69, 9.17) is 14.2 Å². The van der Waals surface area contributed by atoms with E-state index in [1.54, 1.807) is 37.8 Å². The number of nitrogens with one attached hydrogen (secondary N) is 1. The van der Waals surface area contributed by atoms with Crippen molar-refractivity contribution in [1.29, 1.82) is 0 Å². The van der Waals surface area contributed by atoms with Crippen LogP contribution in [0.4, 0.5) is 4.79 Å². The molecule has 0 bridgehead atoms. The van der Waals surface area contributed by atoms with Gasteiger partial charge in [-0.3, -0.25) is 4.79 Å². The van der Waals surface area contributed by atoms with Gasteiger partial charge in [0.1, 0.15) is 11.9 Å². The number of hydrogen-bond donors (Lipinski definition) is 1. The van der Waals surface area contributed by atoms with Gasteiger partial charge in [0.15, 0.2) is 11.5 Å². The Balaban J connectivity index is 2.13. The van der Waals surface area contributed by atoms with Crippen molar-refractivity contribution < 1.29 is 23.8 Å². The second-order valence-corrected chi connectivity index (χ2v) is 6.15. The number of hydrogen-bond acceptors (Lipinski definition) is 6. The molecule has 132 valence electrons. The molecule has 1 heterocycles. The van der Waals surface area contributed by atoms with Crippen LogP contribution < -0.4 is 14.8 Å². The largest absolute Gasteiger partial charge is 0.493 e. The van der Waals surface area contributed by atoms with Crippen LogP contribution in [0.3, 0.4) is 0 Å². The van der Waals surface area contributed by atoms with E-state index in [-0.39, 0.29) is 24.6 Å². The summed E-state index contributed by atoms with van der Waals surface area (Å²) in [6.07, 6.45) is 0. The van der Waals surface area contributed by atoms with Crippen LogP contribution in [0.2, 0.25) is 0 Å². The number of thioether (sulfide) groups is 1. The molecule has 1 fully saturated rings. The highest BCUT2D eigenvalue weighted by atomic mass is 32.2. The first-order valence-corrected chi connectivity index (χ1v) is 8.69. The highest BCUT2D eigenvalue weighted by Crippen LogP contribution is 2.44. The molecular formula is C16H22N2O5S. The van der Waals surface area contributed by atoms with E-state index in [1.165, 1.54) is 0 Å². The number of carbonyl (C=O) groups excluding carboxylic acids is 2. The predicted molar refractivity (Wildman–Crippen MR) is 91.5 cm³/mol. The fourth-order valence-electron chi connectivity index (χ4n) is 2.50. The van der Waals surface area contributed by atoms with E-state index in [1.807, 2.05) is 18.2 Å². The summed E-state index contributed by atoms with van der Waals surface area (Å²) >= 11 is 1.64. The van der Waals surface area contributed by atoms with E-state index in [0.29, 0.717) is 18.0 Å². The first-order chi connectivity index (χ1) is 11.6. The normalized spacial score (nSPS) is 16.6. The van der Waals surface area contributed by atoms with Crippen LogP contribution in [-0.4, -0.2) is 56.6 Å². The number of benzene rings is 1. The molecule has 1 aliphatic heterocycles. The second kappa shape index (κ2) is 8.68. The van der Waals surface area contributed by atoms with Crippen LogP contribution in [0.15, 0.2) is 18.2 Å². The first kappa shape index (κ1) is 18.3. The van der Waals surface area contributed by atoms with Crippen LogP contribution >= 0.6 is 11.8 Å². The summed E-state index contributed by atoms with van der Waals surface area (Å²) < 4.78 is 15.6. The van der Waals surface area contributed by atoms with Gasteiger partial charge in [-0.2, -0.15) is 0 Å². The molecule has 0 aliphatic carbocycles. The Kier molecular flexibility index (Phi) is 6.60. The van der Waals surface area contributed by atoms with Crippen molar-refractivity contribution in [2.75, 3.05) is 39.7 Å². The molecule has 24 heavy (non-hydrogen) atoms. The van der Waals surface area contributed by atoms with Gasteiger partial charge in [0.25, 0.3) is 0 Å². The minimum absolute atomic E-state index is 0.143. The van der Waals surface area contributed by atoms with E-state index in [9.17, 15) is 9.59 Å². The zero-order valence-electron chi connectivity index (χ0n) is 14.0. The summed E-state index contributed by atoms with van der Waals surface area (Å²) in [7, 11) is 3.15. The van der Waals surface area contributed by atoms with Crippen LogP contribution in [0, 0.1) is 0 Å². The van der Waals surface area contributed by atoms with Crippen LogP contribution in [0.5, 0.6) is 11.5 Å². The lowest BCUT2D eigenvalue weighted by Crippen LogP contribution is -2.42. The van der Waals surface area contributed by atoms with E-state index >= 15 is 0 Å². The average Bonchev–Trinajstić information content (AvgIpc) is 3.08. The van der Waals surface area contributed by atoms with Crippen molar-refractivity contribution in [3.8, 4) is 11.5 Å². The number of esters is 1. The lowest BCUT2D eigenvalue weighted by molar-refractivity contribution is -0.141. The zero-order valence-corrected chi connectivity index (χ0v) is 14.9. The minimum Gasteiger partial charge on any atom is -0.493 e. The minimum atomic E-state index is -0.451. The highest BCUT2D eigenvalue weighted by molar-refractivity contribution is 7.99. The molecule has 8 heteroatoms. The number of para-hydroxylation sites is 1. The van der Waals surface area contributed by atoms with Crippen LogP contribution in [0.25, 0.3) is 0 Å². The van der Waals surface area contributed by atoms with E-state index in [0.717, 1.165) is 11.3 Å². The van der Waals surface area contributed by atoms with Crippen molar-refractivity contribution in [2.45, 2.75) is 12.3 Å². The zero-order chi connectivity index (χ0) is 17.5. The van der Waals surface area contributed by atoms with Crippen molar-refractivity contribution in [3.63, 3.8) is 0 Å². The summed E-state index contributed by atoms with van der Waals surface area (Å²) in [4.78, 5) is 25.5. The molecule has 1 aromatic carbocycles. The first-order valence-electron chi connectivity index (χ1n) is 7.65. The maximum Gasteiger partial charge on any atom is 0.325 e. The van der Waals surface area contributed by atoms with Gasteiger partial charge >= 0.3 is 12.0 Å². The number of methoxy groups -OCH3 is 2. The van der Waals surface area contributed by atoms with Crippen molar-refractivity contribution >= 4 is 23.8 Å². The Morgan fingerprint density at radius 2 is 2.12 bits per heavy atom. The molecule has 0 saturated carbocycles. The third-order valence-corrected chi connectivity index (χ3v) is 4.78. The summed E-state index contributed by atoms with van der Waals surface area (Å²) in [6, 6.07) is 5.29. The summed E-state index contributed by atoms with van der Waals surface area (Å²) in [5.74, 6) is 1.59. The molecule has 0 radical (unpaired) electrons. The Bertz CT molecular complexity index is 596. The number of amides is 2. The van der Waals surface area contributed by atoms with E-state index < -0.39 is 5.97 Å². The topological polar surface area (TPSA) is 77.1 Å². The van der Waals surface area contributed by atoms with Crippen molar-refractivity contribution in [1.82, 2.24) is 10.2 Å². The summed E-state index contributed by atoms with van der Waals surface area (Å²) in [5, 5.41) is 2.41. The molecular weight excluding hydrogens is 332 g/mol. The average molecular weight is 354 g/mol. The molecule has 0 aromatic heterocycles. The number of urea groups is 1. The Labute approximate surface area is 145 Å². The van der Waals surface area contributed by atoms with Crippen molar-refractivity contribution in [2.24, 2.45) is 0 Å². The fourth-order valence-corrected chi connectivity index (χ4v) is 3.78. The molecule has 1 N–H and O–H groups in total. The Morgan fingerprint density at radius 1 is 1.33 bits per heavy atom.